The fourth-order valence-electron chi connectivity index (χ4n) is 2.46. The first-order valence-corrected chi connectivity index (χ1v) is 6.09. The second-order valence-corrected chi connectivity index (χ2v) is 4.42. The summed E-state index contributed by atoms with van der Waals surface area (Å²) in [7, 11) is 1.92. The van der Waals surface area contributed by atoms with Crippen LogP contribution in [-0.4, -0.2) is 7.05 Å². The molecule has 0 saturated heterocycles. The molecule has 0 spiro atoms. The van der Waals surface area contributed by atoms with E-state index in [0.717, 1.165) is 5.70 Å². The van der Waals surface area contributed by atoms with Crippen molar-refractivity contribution in [2.75, 3.05) is 7.05 Å². The molecule has 0 unspecified atom stereocenters. The first kappa shape index (κ1) is 10.8. The van der Waals surface area contributed by atoms with E-state index >= 15 is 0 Å². The second kappa shape index (κ2) is 4.19. The molecule has 0 aliphatic heterocycles. The molecular formula is C17H15N. The Morgan fingerprint density at radius 3 is 1.89 bits per heavy atom. The molecule has 0 atom stereocenters. The van der Waals surface area contributed by atoms with Gasteiger partial charge in [-0.2, -0.15) is 0 Å². The van der Waals surface area contributed by atoms with Crippen molar-refractivity contribution in [1.29, 1.82) is 0 Å². The highest BCUT2D eigenvalue weighted by molar-refractivity contribution is 6.08. The Balaban J connectivity index is 2.53. The van der Waals surface area contributed by atoms with Gasteiger partial charge in [0.25, 0.3) is 0 Å². The van der Waals surface area contributed by atoms with Gasteiger partial charge in [0.1, 0.15) is 0 Å². The molecule has 0 aliphatic rings. The molecule has 0 saturated carbocycles. The maximum Gasteiger partial charge on any atom is 0.0350 e. The lowest BCUT2D eigenvalue weighted by atomic mass is 9.95. The monoisotopic (exact) mass is 233 g/mol. The molecule has 88 valence electrons. The van der Waals surface area contributed by atoms with Crippen molar-refractivity contribution < 1.29 is 0 Å². The van der Waals surface area contributed by atoms with Crippen LogP contribution in [0.3, 0.4) is 0 Å². The number of nitrogens with one attached hydrogen (secondary N) is 1. The molecule has 0 fully saturated rings. The molecule has 0 bridgehead atoms. The summed E-state index contributed by atoms with van der Waals surface area (Å²) in [6.45, 7) is 4.13. The Morgan fingerprint density at radius 1 is 0.889 bits per heavy atom. The summed E-state index contributed by atoms with van der Waals surface area (Å²) in [6.07, 6.45) is 0. The van der Waals surface area contributed by atoms with Crippen LogP contribution < -0.4 is 5.32 Å². The highest BCUT2D eigenvalue weighted by Gasteiger charge is 2.08. The molecular weight excluding hydrogens is 218 g/mol. The van der Waals surface area contributed by atoms with Crippen LogP contribution in [0.4, 0.5) is 0 Å². The summed E-state index contributed by atoms with van der Waals surface area (Å²) >= 11 is 0. The van der Waals surface area contributed by atoms with E-state index in [9.17, 15) is 0 Å². The normalized spacial score (nSPS) is 10.7. The predicted molar refractivity (Wildman–Crippen MR) is 79.5 cm³/mol. The van der Waals surface area contributed by atoms with Crippen LogP contribution in [0.2, 0.25) is 0 Å². The van der Waals surface area contributed by atoms with Gasteiger partial charge < -0.3 is 5.32 Å². The van der Waals surface area contributed by atoms with Gasteiger partial charge in [-0.3, -0.25) is 0 Å². The predicted octanol–water partition coefficient (Wildman–Crippen LogP) is 4.18. The molecule has 18 heavy (non-hydrogen) atoms. The van der Waals surface area contributed by atoms with E-state index in [-0.39, 0.29) is 0 Å². The lowest BCUT2D eigenvalue weighted by molar-refractivity contribution is 1.14. The zero-order valence-electron chi connectivity index (χ0n) is 10.4. The molecule has 3 rings (SSSR count). The zero-order chi connectivity index (χ0) is 12.5. The molecule has 0 amide bonds. The van der Waals surface area contributed by atoms with E-state index in [2.05, 4.69) is 66.5 Å². The molecule has 3 aromatic rings. The fourth-order valence-corrected chi connectivity index (χ4v) is 2.46. The van der Waals surface area contributed by atoms with Gasteiger partial charge in [-0.05, 0) is 27.6 Å². The summed E-state index contributed by atoms with van der Waals surface area (Å²) in [4.78, 5) is 0. The van der Waals surface area contributed by atoms with Gasteiger partial charge in [-0.15, -0.1) is 0 Å². The first-order chi connectivity index (χ1) is 8.81. The largest absolute Gasteiger partial charge is 0.388 e. The van der Waals surface area contributed by atoms with Crippen LogP contribution in [0.25, 0.3) is 27.2 Å². The zero-order valence-corrected chi connectivity index (χ0v) is 10.4. The molecule has 1 nitrogen and oxygen atoms in total. The first-order valence-electron chi connectivity index (χ1n) is 6.09. The molecule has 1 N–H and O–H groups in total. The topological polar surface area (TPSA) is 12.0 Å². The molecule has 3 aromatic carbocycles. The van der Waals surface area contributed by atoms with E-state index in [1.54, 1.807) is 0 Å². The Labute approximate surface area is 107 Å². The average Bonchev–Trinajstić information content (AvgIpc) is 2.44. The minimum atomic E-state index is 0.961. The number of hydrogen-bond acceptors (Lipinski definition) is 1. The van der Waals surface area contributed by atoms with E-state index in [1.165, 1.54) is 27.1 Å². The summed E-state index contributed by atoms with van der Waals surface area (Å²) in [6, 6.07) is 19.1. The fraction of sp³-hybridized carbons (Fsp3) is 0.0588. The summed E-state index contributed by atoms with van der Waals surface area (Å²) in [5.74, 6) is 0. The minimum absolute atomic E-state index is 0.961. The van der Waals surface area contributed by atoms with E-state index < -0.39 is 0 Å². The highest BCUT2D eigenvalue weighted by Crippen LogP contribution is 2.31. The third-order valence-corrected chi connectivity index (χ3v) is 3.37. The average molecular weight is 233 g/mol. The molecule has 0 aromatic heterocycles. The number of benzene rings is 3. The van der Waals surface area contributed by atoms with Crippen LogP contribution in [-0.2, 0) is 0 Å². The van der Waals surface area contributed by atoms with Crippen molar-refractivity contribution in [2.45, 2.75) is 0 Å². The van der Waals surface area contributed by atoms with Crippen LogP contribution in [0, 0.1) is 0 Å². The smallest absolute Gasteiger partial charge is 0.0350 e. The van der Waals surface area contributed by atoms with Crippen molar-refractivity contribution in [3.05, 3.63) is 66.7 Å². The second-order valence-electron chi connectivity index (χ2n) is 4.42. The lowest BCUT2D eigenvalue weighted by Crippen LogP contribution is -2.04. The Morgan fingerprint density at radius 2 is 1.39 bits per heavy atom. The SMILES string of the molecule is C=C(NC)c1c2ccccc2cc2ccccc12. The molecule has 0 radical (unpaired) electrons. The van der Waals surface area contributed by atoms with Crippen molar-refractivity contribution in [3.63, 3.8) is 0 Å². The van der Waals surface area contributed by atoms with Gasteiger partial charge in [0, 0.05) is 18.3 Å². The van der Waals surface area contributed by atoms with Crippen LogP contribution in [0.1, 0.15) is 5.56 Å². The maximum absolute atomic E-state index is 4.13. The van der Waals surface area contributed by atoms with Gasteiger partial charge in [-0.25, -0.2) is 0 Å². The Kier molecular flexibility index (Phi) is 2.52. The maximum atomic E-state index is 4.13. The third-order valence-electron chi connectivity index (χ3n) is 3.37. The number of hydrogen-bond donors (Lipinski definition) is 1. The van der Waals surface area contributed by atoms with Crippen LogP contribution in [0.15, 0.2) is 61.2 Å². The third kappa shape index (κ3) is 1.56. The molecule has 0 aliphatic carbocycles. The minimum Gasteiger partial charge on any atom is -0.388 e. The number of fused-ring (bicyclic) bond motifs is 2. The van der Waals surface area contributed by atoms with Crippen molar-refractivity contribution in [2.24, 2.45) is 0 Å². The summed E-state index contributed by atoms with van der Waals surface area (Å²) in [5, 5.41) is 8.17. The number of rotatable bonds is 2. The summed E-state index contributed by atoms with van der Waals surface area (Å²) < 4.78 is 0. The van der Waals surface area contributed by atoms with Gasteiger partial charge in [0.15, 0.2) is 0 Å². The van der Waals surface area contributed by atoms with Gasteiger partial charge in [0.2, 0.25) is 0 Å². The van der Waals surface area contributed by atoms with E-state index in [1.807, 2.05) is 7.05 Å². The van der Waals surface area contributed by atoms with Gasteiger partial charge >= 0.3 is 0 Å². The van der Waals surface area contributed by atoms with Gasteiger partial charge in [0.05, 0.1) is 0 Å². The van der Waals surface area contributed by atoms with Crippen molar-refractivity contribution in [1.82, 2.24) is 5.32 Å². The lowest BCUT2D eigenvalue weighted by Gasteiger charge is -2.13. The van der Waals surface area contributed by atoms with Gasteiger partial charge in [-0.1, -0.05) is 55.1 Å². The highest BCUT2D eigenvalue weighted by atomic mass is 14.8. The molecule has 0 heterocycles. The Bertz CT molecular complexity index is 687. The standard InChI is InChI=1S/C17H15N/c1-12(18-2)17-15-9-5-3-7-13(15)11-14-8-4-6-10-16(14)17/h3-11,18H,1H2,2H3. The Hall–Kier alpha value is -2.28. The van der Waals surface area contributed by atoms with Crippen molar-refractivity contribution in [3.8, 4) is 0 Å². The van der Waals surface area contributed by atoms with E-state index in [0.29, 0.717) is 0 Å². The van der Waals surface area contributed by atoms with Crippen molar-refractivity contribution >= 4 is 27.2 Å². The molecule has 1 heteroatoms. The quantitative estimate of drug-likeness (QED) is 0.655. The summed E-state index contributed by atoms with van der Waals surface area (Å²) in [5.41, 5.74) is 2.16. The van der Waals surface area contributed by atoms with Crippen LogP contribution >= 0.6 is 0 Å². The van der Waals surface area contributed by atoms with Crippen LogP contribution in [0.5, 0.6) is 0 Å². The van der Waals surface area contributed by atoms with E-state index in [4.69, 9.17) is 0 Å².